The summed E-state index contributed by atoms with van der Waals surface area (Å²) in [5.74, 6) is 1.05. The van der Waals surface area contributed by atoms with Crippen molar-refractivity contribution in [3.63, 3.8) is 0 Å². The monoisotopic (exact) mass is 299 g/mol. The van der Waals surface area contributed by atoms with Crippen molar-refractivity contribution in [1.29, 1.82) is 0 Å². The van der Waals surface area contributed by atoms with Gasteiger partial charge < -0.3 is 9.73 Å². The number of aryl methyl sites for hydroxylation is 2. The molecular weight excluding hydrogens is 278 g/mol. The Kier molecular flexibility index (Phi) is 4.42. The molecule has 0 spiro atoms. The van der Waals surface area contributed by atoms with Crippen molar-refractivity contribution in [2.45, 2.75) is 32.7 Å². The van der Waals surface area contributed by atoms with Crippen LogP contribution in [0.4, 0.5) is 0 Å². The van der Waals surface area contributed by atoms with E-state index in [1.165, 1.54) is 16.5 Å². The number of hydrogen-bond acceptors (Lipinski definition) is 3. The van der Waals surface area contributed by atoms with Crippen molar-refractivity contribution in [3.05, 3.63) is 58.0 Å². The van der Waals surface area contributed by atoms with E-state index in [-0.39, 0.29) is 6.04 Å². The van der Waals surface area contributed by atoms with E-state index in [9.17, 15) is 0 Å². The molecule has 3 rings (SSSR count). The van der Waals surface area contributed by atoms with E-state index < -0.39 is 0 Å². The summed E-state index contributed by atoms with van der Waals surface area (Å²) >= 11 is 1.76. The van der Waals surface area contributed by atoms with Gasteiger partial charge in [0.15, 0.2) is 0 Å². The van der Waals surface area contributed by atoms with Crippen LogP contribution in [-0.4, -0.2) is 6.54 Å². The number of nitrogens with one attached hydrogen (secondary N) is 1. The van der Waals surface area contributed by atoms with E-state index in [1.807, 2.05) is 0 Å². The van der Waals surface area contributed by atoms with Crippen molar-refractivity contribution < 1.29 is 4.42 Å². The maximum atomic E-state index is 6.05. The van der Waals surface area contributed by atoms with E-state index in [0.29, 0.717) is 0 Å². The molecule has 2 aromatic heterocycles. The topological polar surface area (TPSA) is 25.2 Å². The van der Waals surface area contributed by atoms with Gasteiger partial charge in [-0.25, -0.2) is 0 Å². The van der Waals surface area contributed by atoms with Crippen LogP contribution in [-0.2, 0) is 6.42 Å². The van der Waals surface area contributed by atoms with Crippen LogP contribution in [0.2, 0.25) is 0 Å². The van der Waals surface area contributed by atoms with E-state index in [2.05, 4.69) is 60.3 Å². The molecule has 21 heavy (non-hydrogen) atoms. The van der Waals surface area contributed by atoms with Gasteiger partial charge in [-0.1, -0.05) is 18.6 Å². The summed E-state index contributed by atoms with van der Waals surface area (Å²) in [6.07, 6.45) is 2.14. The lowest BCUT2D eigenvalue weighted by Gasteiger charge is -2.14. The highest BCUT2D eigenvalue weighted by Gasteiger charge is 2.15. The fourth-order valence-corrected chi connectivity index (χ4v) is 3.40. The maximum Gasteiger partial charge on any atom is 0.134 e. The molecule has 1 unspecified atom stereocenters. The Morgan fingerprint density at radius 2 is 2.14 bits per heavy atom. The van der Waals surface area contributed by atoms with Crippen molar-refractivity contribution in [1.82, 2.24) is 5.32 Å². The smallest absolute Gasteiger partial charge is 0.134 e. The molecule has 1 atom stereocenters. The Balaban J connectivity index is 1.80. The number of furan rings is 1. The second kappa shape index (κ2) is 6.46. The molecular formula is C18H21NOS. The Morgan fingerprint density at radius 3 is 2.90 bits per heavy atom. The molecule has 3 heteroatoms. The lowest BCUT2D eigenvalue weighted by molar-refractivity contribution is 0.417. The number of benzene rings is 1. The van der Waals surface area contributed by atoms with Crippen LogP contribution >= 0.6 is 11.3 Å². The largest absolute Gasteiger partial charge is 0.459 e. The quantitative estimate of drug-likeness (QED) is 0.686. The molecule has 0 aliphatic carbocycles. The average Bonchev–Trinajstić information content (AvgIpc) is 3.11. The van der Waals surface area contributed by atoms with E-state index in [1.54, 1.807) is 11.3 Å². The van der Waals surface area contributed by atoms with E-state index in [4.69, 9.17) is 4.42 Å². The van der Waals surface area contributed by atoms with E-state index in [0.717, 1.165) is 30.7 Å². The first-order valence-corrected chi connectivity index (χ1v) is 8.45. The third kappa shape index (κ3) is 3.36. The Labute approximate surface area is 129 Å². The van der Waals surface area contributed by atoms with Gasteiger partial charge in [-0.2, -0.15) is 11.3 Å². The minimum atomic E-state index is 0.280. The molecule has 0 aliphatic heterocycles. The molecule has 0 amide bonds. The fourth-order valence-electron chi connectivity index (χ4n) is 2.69. The first-order valence-electron chi connectivity index (χ1n) is 7.51. The number of hydrogen-bond donors (Lipinski definition) is 1. The third-order valence-corrected chi connectivity index (χ3v) is 4.52. The predicted molar refractivity (Wildman–Crippen MR) is 90.0 cm³/mol. The summed E-state index contributed by atoms with van der Waals surface area (Å²) in [6.45, 7) is 5.21. The molecule has 3 aromatic rings. The van der Waals surface area contributed by atoms with Gasteiger partial charge in [0, 0.05) is 5.39 Å². The van der Waals surface area contributed by atoms with Gasteiger partial charge in [0.25, 0.3) is 0 Å². The van der Waals surface area contributed by atoms with Gasteiger partial charge in [0.05, 0.1) is 6.04 Å². The zero-order valence-corrected chi connectivity index (χ0v) is 13.4. The lowest BCUT2D eigenvalue weighted by atomic mass is 10.1. The van der Waals surface area contributed by atoms with Crippen molar-refractivity contribution >= 4 is 22.3 Å². The number of thiophene rings is 1. The van der Waals surface area contributed by atoms with Gasteiger partial charge in [-0.05, 0) is 66.9 Å². The normalized spacial score (nSPS) is 12.9. The summed E-state index contributed by atoms with van der Waals surface area (Å²) in [4.78, 5) is 0. The maximum absolute atomic E-state index is 6.05. The predicted octanol–water partition coefficient (Wildman–Crippen LogP) is 5.09. The van der Waals surface area contributed by atoms with Crippen LogP contribution < -0.4 is 5.32 Å². The zero-order chi connectivity index (χ0) is 14.7. The third-order valence-electron chi connectivity index (χ3n) is 3.79. The van der Waals surface area contributed by atoms with Crippen LogP contribution in [0.25, 0.3) is 11.0 Å². The molecule has 0 radical (unpaired) electrons. The van der Waals surface area contributed by atoms with Crippen LogP contribution in [0.1, 0.15) is 36.3 Å². The second-order valence-corrected chi connectivity index (χ2v) is 6.25. The zero-order valence-electron chi connectivity index (χ0n) is 12.6. The molecule has 2 heterocycles. The molecule has 110 valence electrons. The number of fused-ring (bicyclic) bond motifs is 1. The molecule has 2 nitrogen and oxygen atoms in total. The molecule has 1 aromatic carbocycles. The van der Waals surface area contributed by atoms with Crippen LogP contribution in [0.15, 0.2) is 45.5 Å². The van der Waals surface area contributed by atoms with Crippen molar-refractivity contribution in [2.75, 3.05) is 6.54 Å². The Morgan fingerprint density at radius 1 is 1.24 bits per heavy atom. The van der Waals surface area contributed by atoms with Gasteiger partial charge in [0.2, 0.25) is 0 Å². The van der Waals surface area contributed by atoms with Crippen molar-refractivity contribution in [3.8, 4) is 0 Å². The summed E-state index contributed by atoms with van der Waals surface area (Å²) < 4.78 is 6.05. The van der Waals surface area contributed by atoms with Crippen LogP contribution in [0, 0.1) is 6.92 Å². The summed E-state index contributed by atoms with van der Waals surface area (Å²) in [5, 5.41) is 9.11. The number of rotatable bonds is 6. The SMILES string of the molecule is CCNC(CCc1ccsc1)c1cc2cc(C)ccc2o1. The lowest BCUT2D eigenvalue weighted by Crippen LogP contribution is -2.20. The second-order valence-electron chi connectivity index (χ2n) is 5.47. The first kappa shape index (κ1) is 14.4. The van der Waals surface area contributed by atoms with Gasteiger partial charge in [-0.3, -0.25) is 0 Å². The minimum Gasteiger partial charge on any atom is -0.459 e. The summed E-state index contributed by atoms with van der Waals surface area (Å²) in [7, 11) is 0. The van der Waals surface area contributed by atoms with Gasteiger partial charge in [-0.15, -0.1) is 0 Å². The highest BCUT2D eigenvalue weighted by atomic mass is 32.1. The molecule has 0 saturated heterocycles. The van der Waals surface area contributed by atoms with Crippen LogP contribution in [0.5, 0.6) is 0 Å². The summed E-state index contributed by atoms with van der Waals surface area (Å²) in [6, 6.07) is 11.0. The van der Waals surface area contributed by atoms with Crippen molar-refractivity contribution in [2.24, 2.45) is 0 Å². The highest BCUT2D eigenvalue weighted by molar-refractivity contribution is 7.07. The molecule has 0 saturated carbocycles. The summed E-state index contributed by atoms with van der Waals surface area (Å²) in [5.41, 5.74) is 3.66. The standard InChI is InChI=1S/C18H21NOS/c1-3-19-16(6-5-14-8-9-21-12-14)18-11-15-10-13(2)4-7-17(15)20-18/h4,7-12,16,19H,3,5-6H2,1-2H3. The fraction of sp³-hybridized carbons (Fsp3) is 0.333. The molecule has 0 aliphatic rings. The molecule has 1 N–H and O–H groups in total. The Hall–Kier alpha value is -1.58. The Bertz CT molecular complexity index is 699. The first-order chi connectivity index (χ1) is 10.3. The van der Waals surface area contributed by atoms with E-state index >= 15 is 0 Å². The average molecular weight is 299 g/mol. The highest BCUT2D eigenvalue weighted by Crippen LogP contribution is 2.27. The molecule has 0 fully saturated rings. The van der Waals surface area contributed by atoms with Gasteiger partial charge >= 0.3 is 0 Å². The van der Waals surface area contributed by atoms with Crippen LogP contribution in [0.3, 0.4) is 0 Å². The van der Waals surface area contributed by atoms with Gasteiger partial charge in [0.1, 0.15) is 11.3 Å². The molecule has 0 bridgehead atoms. The minimum absolute atomic E-state index is 0.280.